The molecular weight excluding hydrogens is 310 g/mol. The van der Waals surface area contributed by atoms with E-state index >= 15 is 0 Å². The number of sulfonamides is 1. The van der Waals surface area contributed by atoms with Crippen LogP contribution in [-0.2, 0) is 22.2 Å². The van der Waals surface area contributed by atoms with E-state index in [1.807, 2.05) is 0 Å². The smallest absolute Gasteiger partial charge is 0.215 e. The molecule has 1 aromatic carbocycles. The molecule has 2 rings (SSSR count). The van der Waals surface area contributed by atoms with Crippen molar-refractivity contribution in [3.8, 4) is 0 Å². The van der Waals surface area contributed by atoms with Crippen molar-refractivity contribution in [3.05, 3.63) is 47.5 Å². The lowest BCUT2D eigenvalue weighted by Crippen LogP contribution is -2.27. The van der Waals surface area contributed by atoms with Crippen molar-refractivity contribution in [2.24, 2.45) is 5.73 Å². The summed E-state index contributed by atoms with van der Waals surface area (Å²) in [6.45, 7) is 0.266. The highest BCUT2D eigenvalue weighted by Crippen LogP contribution is 2.08. The maximum Gasteiger partial charge on any atom is 0.215 e. The van der Waals surface area contributed by atoms with Gasteiger partial charge in [-0.1, -0.05) is 36.5 Å². The zero-order chi connectivity index (χ0) is 15.3. The zero-order valence-electron chi connectivity index (χ0n) is 11.1. The first-order valence-corrected chi connectivity index (χ1v) is 8.23. The molecule has 0 amide bonds. The van der Waals surface area contributed by atoms with E-state index in [0.29, 0.717) is 23.4 Å². The number of nitrogens with two attached hydrogens (primary N) is 1. The van der Waals surface area contributed by atoms with E-state index in [2.05, 4.69) is 19.9 Å². The Bertz CT molecular complexity index is 696. The second-order valence-corrected chi connectivity index (χ2v) is 6.64. The lowest BCUT2D eigenvalue weighted by Gasteiger charge is -2.06. The number of nitrogens with one attached hydrogen (secondary N) is 2. The van der Waals surface area contributed by atoms with Gasteiger partial charge < -0.3 is 5.73 Å². The van der Waals surface area contributed by atoms with Gasteiger partial charge in [-0.2, -0.15) is 5.10 Å². The summed E-state index contributed by atoms with van der Waals surface area (Å²) in [5.74, 6) is 0.541. The lowest BCUT2D eigenvalue weighted by molar-refractivity contribution is 0.580. The highest BCUT2D eigenvalue weighted by atomic mass is 32.2. The number of nitrogens with zero attached hydrogens (tertiary/aromatic N) is 2. The van der Waals surface area contributed by atoms with Crippen LogP contribution in [0.25, 0.3) is 0 Å². The number of thiocarbonyl (C=S) groups is 1. The molecule has 1 aromatic heterocycles. The average molecular weight is 325 g/mol. The molecule has 0 aliphatic heterocycles. The SMILES string of the molecule is NC(=S)c1ccc(CS(=O)(=O)NCCc2ncn[nH]2)cc1. The molecule has 9 heteroatoms. The fourth-order valence-corrected chi connectivity index (χ4v) is 2.99. The maximum atomic E-state index is 11.9. The topological polar surface area (TPSA) is 114 Å². The Kier molecular flexibility index (Phi) is 4.99. The molecule has 0 fully saturated rings. The Morgan fingerprint density at radius 1 is 1.33 bits per heavy atom. The van der Waals surface area contributed by atoms with E-state index < -0.39 is 10.0 Å². The van der Waals surface area contributed by atoms with Gasteiger partial charge >= 0.3 is 0 Å². The molecule has 0 spiro atoms. The standard InChI is InChI=1S/C12H15N5O2S2/c13-12(20)10-3-1-9(2-4-10)7-21(18,19)16-6-5-11-14-8-15-17-11/h1-4,8,16H,5-7H2,(H2,13,20)(H,14,15,17). The first-order chi connectivity index (χ1) is 9.96. The van der Waals surface area contributed by atoms with Crippen LogP contribution >= 0.6 is 12.2 Å². The Morgan fingerprint density at radius 2 is 2.05 bits per heavy atom. The lowest BCUT2D eigenvalue weighted by atomic mass is 10.1. The van der Waals surface area contributed by atoms with Crippen molar-refractivity contribution >= 4 is 27.2 Å². The van der Waals surface area contributed by atoms with Crippen molar-refractivity contribution in [2.75, 3.05) is 6.54 Å². The third-order valence-electron chi connectivity index (χ3n) is 2.74. The van der Waals surface area contributed by atoms with Crippen molar-refractivity contribution < 1.29 is 8.42 Å². The molecule has 0 aliphatic carbocycles. The van der Waals surface area contributed by atoms with Gasteiger partial charge in [0, 0.05) is 18.5 Å². The normalized spacial score (nSPS) is 11.4. The first kappa shape index (κ1) is 15.5. The monoisotopic (exact) mass is 325 g/mol. The molecule has 0 unspecified atom stereocenters. The van der Waals surface area contributed by atoms with E-state index in [1.165, 1.54) is 6.33 Å². The minimum atomic E-state index is -3.40. The maximum absolute atomic E-state index is 11.9. The number of rotatable bonds is 7. The van der Waals surface area contributed by atoms with Crippen molar-refractivity contribution in [3.63, 3.8) is 0 Å². The summed E-state index contributed by atoms with van der Waals surface area (Å²) in [6, 6.07) is 6.82. The first-order valence-electron chi connectivity index (χ1n) is 6.16. The van der Waals surface area contributed by atoms with Crippen LogP contribution in [0.15, 0.2) is 30.6 Å². The van der Waals surface area contributed by atoms with Gasteiger partial charge in [0.25, 0.3) is 0 Å². The molecule has 0 saturated carbocycles. The van der Waals surface area contributed by atoms with Crippen molar-refractivity contribution in [2.45, 2.75) is 12.2 Å². The third-order valence-corrected chi connectivity index (χ3v) is 4.34. The molecule has 1 heterocycles. The molecule has 21 heavy (non-hydrogen) atoms. The number of hydrogen-bond acceptors (Lipinski definition) is 5. The molecule has 112 valence electrons. The summed E-state index contributed by atoms with van der Waals surface area (Å²) in [5.41, 5.74) is 6.87. The number of aromatic nitrogens is 3. The quantitative estimate of drug-likeness (QED) is 0.622. The molecule has 4 N–H and O–H groups in total. The van der Waals surface area contributed by atoms with Gasteiger partial charge in [-0.25, -0.2) is 18.1 Å². The average Bonchev–Trinajstić information content (AvgIpc) is 2.91. The van der Waals surface area contributed by atoms with Crippen molar-refractivity contribution in [1.29, 1.82) is 0 Å². The molecule has 0 bridgehead atoms. The van der Waals surface area contributed by atoms with E-state index in [0.717, 1.165) is 0 Å². The van der Waals surface area contributed by atoms with Crippen LogP contribution in [0.2, 0.25) is 0 Å². The molecule has 0 radical (unpaired) electrons. The fourth-order valence-electron chi connectivity index (χ4n) is 1.71. The van der Waals surface area contributed by atoms with E-state index in [1.54, 1.807) is 24.3 Å². The molecule has 2 aromatic rings. The Morgan fingerprint density at radius 3 is 2.62 bits per heavy atom. The predicted octanol–water partition coefficient (Wildman–Crippen LogP) is 0.101. The van der Waals surface area contributed by atoms with Crippen LogP contribution in [-0.4, -0.2) is 35.1 Å². The number of hydrogen-bond donors (Lipinski definition) is 3. The van der Waals surface area contributed by atoms with Crippen LogP contribution in [0.5, 0.6) is 0 Å². The molecule has 7 nitrogen and oxygen atoms in total. The van der Waals surface area contributed by atoms with Crippen LogP contribution in [0, 0.1) is 0 Å². The van der Waals surface area contributed by atoms with Crippen LogP contribution < -0.4 is 10.5 Å². The zero-order valence-corrected chi connectivity index (χ0v) is 12.7. The Labute approximate surface area is 128 Å². The molecular formula is C12H15N5O2S2. The van der Waals surface area contributed by atoms with Gasteiger partial charge in [0.05, 0.1) is 5.75 Å². The number of aromatic amines is 1. The van der Waals surface area contributed by atoms with E-state index in [4.69, 9.17) is 18.0 Å². The van der Waals surface area contributed by atoms with Gasteiger partial charge in [-0.15, -0.1) is 0 Å². The minimum absolute atomic E-state index is 0.0962. The Balaban J connectivity index is 1.89. The summed E-state index contributed by atoms with van der Waals surface area (Å²) in [6.07, 6.45) is 1.84. The highest BCUT2D eigenvalue weighted by Gasteiger charge is 2.11. The number of benzene rings is 1. The van der Waals surface area contributed by atoms with Crippen LogP contribution in [0.3, 0.4) is 0 Å². The second kappa shape index (κ2) is 6.74. The predicted molar refractivity (Wildman–Crippen MR) is 83.0 cm³/mol. The largest absolute Gasteiger partial charge is 0.389 e. The minimum Gasteiger partial charge on any atom is -0.389 e. The van der Waals surface area contributed by atoms with Gasteiger partial charge in [-0.05, 0) is 5.56 Å². The molecule has 0 saturated heterocycles. The highest BCUT2D eigenvalue weighted by molar-refractivity contribution is 7.88. The summed E-state index contributed by atoms with van der Waals surface area (Å²) >= 11 is 4.84. The summed E-state index contributed by atoms with van der Waals surface area (Å²) in [7, 11) is -3.40. The summed E-state index contributed by atoms with van der Waals surface area (Å²) in [5, 5.41) is 6.36. The van der Waals surface area contributed by atoms with Crippen molar-refractivity contribution in [1.82, 2.24) is 19.9 Å². The number of H-pyrrole nitrogens is 1. The summed E-state index contributed by atoms with van der Waals surface area (Å²) < 4.78 is 26.4. The molecule has 0 aliphatic rings. The fraction of sp³-hybridized carbons (Fsp3) is 0.250. The van der Waals surface area contributed by atoms with E-state index in [9.17, 15) is 8.42 Å². The third kappa shape index (κ3) is 4.88. The van der Waals surface area contributed by atoms with Gasteiger partial charge in [0.15, 0.2) is 0 Å². The van der Waals surface area contributed by atoms with E-state index in [-0.39, 0.29) is 17.3 Å². The van der Waals surface area contributed by atoms with Crippen LogP contribution in [0.4, 0.5) is 0 Å². The van der Waals surface area contributed by atoms with Gasteiger partial charge in [0.1, 0.15) is 17.1 Å². The molecule has 0 atom stereocenters. The Hall–Kier alpha value is -1.84. The van der Waals surface area contributed by atoms with Gasteiger partial charge in [0.2, 0.25) is 10.0 Å². The van der Waals surface area contributed by atoms with Gasteiger partial charge in [-0.3, -0.25) is 5.10 Å². The summed E-state index contributed by atoms with van der Waals surface area (Å²) in [4.78, 5) is 4.21. The second-order valence-electron chi connectivity index (χ2n) is 4.40. The van der Waals surface area contributed by atoms with Crippen LogP contribution in [0.1, 0.15) is 17.0 Å².